The molecule has 1 amide bonds. The maximum Gasteiger partial charge on any atom is 0.407 e. The smallest absolute Gasteiger partial charge is 0.407 e. The first kappa shape index (κ1) is 16.8. The first-order chi connectivity index (χ1) is 9.58. The molecule has 0 spiro atoms. The molecule has 6 nitrogen and oxygen atoms in total. The summed E-state index contributed by atoms with van der Waals surface area (Å²) in [5.74, 6) is 0.228. The highest BCUT2D eigenvalue weighted by Crippen LogP contribution is 2.22. The van der Waals surface area contributed by atoms with E-state index in [0.29, 0.717) is 12.3 Å². The van der Waals surface area contributed by atoms with Crippen molar-refractivity contribution in [1.82, 2.24) is 10.2 Å². The normalized spacial score (nSPS) is 23.1. The van der Waals surface area contributed by atoms with Crippen LogP contribution in [-0.4, -0.2) is 56.9 Å². The summed E-state index contributed by atoms with van der Waals surface area (Å²) in [4.78, 5) is 24.9. The number of hydrogen-bond donors (Lipinski definition) is 1. The van der Waals surface area contributed by atoms with Crippen molar-refractivity contribution >= 4 is 12.1 Å². The Morgan fingerprint density at radius 2 is 2.00 bits per heavy atom. The zero-order chi connectivity index (χ0) is 15.0. The lowest BCUT2D eigenvalue weighted by Gasteiger charge is -2.37. The fourth-order valence-electron chi connectivity index (χ4n) is 2.76. The molecule has 0 bridgehead atoms. The number of carbonyl (C=O) groups is 2. The van der Waals surface area contributed by atoms with Crippen molar-refractivity contribution in [2.75, 3.05) is 33.9 Å². The first-order valence-electron chi connectivity index (χ1n) is 7.22. The number of nitrogens with zero attached hydrogens (tertiary/aromatic N) is 1. The SMILES string of the molecule is CCCN1CC(CCC(=O)OC)CC(NC(=O)OC)C1. The lowest BCUT2D eigenvalue weighted by molar-refractivity contribution is -0.141. The third kappa shape index (κ3) is 5.77. The fraction of sp³-hybridized carbons (Fsp3) is 0.857. The molecule has 1 heterocycles. The van der Waals surface area contributed by atoms with E-state index in [0.717, 1.165) is 38.9 Å². The zero-order valence-electron chi connectivity index (χ0n) is 12.7. The number of methoxy groups -OCH3 is 2. The van der Waals surface area contributed by atoms with Gasteiger partial charge in [-0.15, -0.1) is 0 Å². The van der Waals surface area contributed by atoms with Crippen LogP contribution in [0.15, 0.2) is 0 Å². The molecular formula is C14H26N2O4. The molecule has 0 aromatic rings. The first-order valence-corrected chi connectivity index (χ1v) is 7.22. The monoisotopic (exact) mass is 286 g/mol. The van der Waals surface area contributed by atoms with E-state index in [1.165, 1.54) is 14.2 Å². The Labute approximate surface area is 120 Å². The third-order valence-corrected chi connectivity index (χ3v) is 3.64. The van der Waals surface area contributed by atoms with Gasteiger partial charge in [0.2, 0.25) is 0 Å². The molecule has 0 aromatic carbocycles. The number of amides is 1. The number of alkyl carbamates (subject to hydrolysis) is 1. The largest absolute Gasteiger partial charge is 0.469 e. The molecule has 20 heavy (non-hydrogen) atoms. The highest BCUT2D eigenvalue weighted by atomic mass is 16.5. The van der Waals surface area contributed by atoms with Crippen LogP contribution in [0.5, 0.6) is 0 Å². The second kappa shape index (κ2) is 8.79. The molecule has 6 heteroatoms. The molecule has 116 valence electrons. The number of hydrogen-bond acceptors (Lipinski definition) is 5. The van der Waals surface area contributed by atoms with E-state index in [4.69, 9.17) is 0 Å². The highest BCUT2D eigenvalue weighted by Gasteiger charge is 2.28. The van der Waals surface area contributed by atoms with Gasteiger partial charge in [-0.25, -0.2) is 4.79 Å². The van der Waals surface area contributed by atoms with Crippen LogP contribution in [0, 0.1) is 5.92 Å². The van der Waals surface area contributed by atoms with Crippen molar-refractivity contribution in [3.05, 3.63) is 0 Å². The predicted molar refractivity (Wildman–Crippen MR) is 75.4 cm³/mol. The Bertz CT molecular complexity index is 322. The summed E-state index contributed by atoms with van der Waals surface area (Å²) in [6, 6.07) is 0.0883. The summed E-state index contributed by atoms with van der Waals surface area (Å²) in [6.45, 7) is 4.97. The van der Waals surface area contributed by atoms with E-state index in [-0.39, 0.29) is 18.1 Å². The number of likely N-dealkylation sites (tertiary alicyclic amines) is 1. The Morgan fingerprint density at radius 3 is 2.60 bits per heavy atom. The highest BCUT2D eigenvalue weighted by molar-refractivity contribution is 5.69. The van der Waals surface area contributed by atoms with Crippen LogP contribution in [0.2, 0.25) is 0 Å². The molecule has 1 saturated heterocycles. The van der Waals surface area contributed by atoms with E-state index >= 15 is 0 Å². The van der Waals surface area contributed by atoms with Crippen LogP contribution in [0.4, 0.5) is 4.79 Å². The van der Waals surface area contributed by atoms with Gasteiger partial charge in [0.05, 0.1) is 14.2 Å². The lowest BCUT2D eigenvalue weighted by atomic mass is 9.90. The number of ether oxygens (including phenoxy) is 2. The van der Waals surface area contributed by atoms with E-state index in [1.807, 2.05) is 0 Å². The summed E-state index contributed by atoms with van der Waals surface area (Å²) in [7, 11) is 2.78. The zero-order valence-corrected chi connectivity index (χ0v) is 12.7. The molecule has 1 aliphatic heterocycles. The fourth-order valence-corrected chi connectivity index (χ4v) is 2.76. The van der Waals surface area contributed by atoms with Gasteiger partial charge in [-0.2, -0.15) is 0 Å². The summed E-state index contributed by atoms with van der Waals surface area (Å²) in [5, 5.41) is 2.87. The van der Waals surface area contributed by atoms with Gasteiger partial charge in [-0.05, 0) is 31.7 Å². The maximum atomic E-state index is 11.3. The number of esters is 1. The van der Waals surface area contributed by atoms with E-state index < -0.39 is 0 Å². The Morgan fingerprint density at radius 1 is 1.25 bits per heavy atom. The van der Waals surface area contributed by atoms with Crippen LogP contribution in [0.1, 0.15) is 32.6 Å². The summed E-state index contributed by atoms with van der Waals surface area (Å²) < 4.78 is 9.34. The van der Waals surface area contributed by atoms with Gasteiger partial charge < -0.3 is 19.7 Å². The van der Waals surface area contributed by atoms with Crippen LogP contribution in [0.3, 0.4) is 0 Å². The lowest BCUT2D eigenvalue weighted by Crippen LogP contribution is -2.51. The van der Waals surface area contributed by atoms with Crippen LogP contribution in [0.25, 0.3) is 0 Å². The third-order valence-electron chi connectivity index (χ3n) is 3.64. The average molecular weight is 286 g/mol. The second-order valence-electron chi connectivity index (χ2n) is 5.31. The van der Waals surface area contributed by atoms with Crippen LogP contribution in [-0.2, 0) is 14.3 Å². The van der Waals surface area contributed by atoms with Gasteiger partial charge in [0.1, 0.15) is 0 Å². The number of nitrogens with one attached hydrogen (secondary N) is 1. The molecule has 0 radical (unpaired) electrons. The predicted octanol–water partition coefficient (Wildman–Crippen LogP) is 1.40. The Balaban J connectivity index is 2.51. The maximum absolute atomic E-state index is 11.3. The molecule has 2 unspecified atom stereocenters. The average Bonchev–Trinajstić information content (AvgIpc) is 2.44. The molecule has 1 aliphatic rings. The molecule has 2 atom stereocenters. The number of rotatable bonds is 6. The van der Waals surface area contributed by atoms with Crippen molar-refractivity contribution in [2.24, 2.45) is 5.92 Å². The van der Waals surface area contributed by atoms with Crippen LogP contribution < -0.4 is 5.32 Å². The minimum atomic E-state index is -0.389. The van der Waals surface area contributed by atoms with Gasteiger partial charge in [-0.3, -0.25) is 4.79 Å². The number of piperidine rings is 1. The molecule has 1 fully saturated rings. The van der Waals surface area contributed by atoms with Crippen molar-refractivity contribution < 1.29 is 19.1 Å². The van der Waals surface area contributed by atoms with Crippen molar-refractivity contribution in [3.63, 3.8) is 0 Å². The Kier molecular flexibility index (Phi) is 7.36. The van der Waals surface area contributed by atoms with Crippen molar-refractivity contribution in [2.45, 2.75) is 38.6 Å². The van der Waals surface area contributed by atoms with E-state index in [1.54, 1.807) is 0 Å². The van der Waals surface area contributed by atoms with Crippen molar-refractivity contribution in [3.8, 4) is 0 Å². The molecular weight excluding hydrogens is 260 g/mol. The Hall–Kier alpha value is -1.30. The molecule has 1 N–H and O–H groups in total. The molecule has 0 aromatic heterocycles. The second-order valence-corrected chi connectivity index (χ2v) is 5.31. The molecule has 0 saturated carbocycles. The molecule has 0 aliphatic carbocycles. The quantitative estimate of drug-likeness (QED) is 0.747. The molecule has 1 rings (SSSR count). The number of carbonyl (C=O) groups excluding carboxylic acids is 2. The summed E-state index contributed by atoms with van der Waals surface area (Å²) in [6.07, 6.45) is 2.80. The summed E-state index contributed by atoms with van der Waals surface area (Å²) in [5.41, 5.74) is 0. The van der Waals surface area contributed by atoms with E-state index in [9.17, 15) is 9.59 Å². The van der Waals surface area contributed by atoms with Gasteiger partial charge in [-0.1, -0.05) is 6.92 Å². The van der Waals surface area contributed by atoms with E-state index in [2.05, 4.69) is 26.6 Å². The minimum absolute atomic E-state index is 0.0883. The minimum Gasteiger partial charge on any atom is -0.469 e. The van der Waals surface area contributed by atoms with Gasteiger partial charge in [0.25, 0.3) is 0 Å². The topological polar surface area (TPSA) is 67.9 Å². The summed E-state index contributed by atoms with van der Waals surface area (Å²) >= 11 is 0. The van der Waals surface area contributed by atoms with Crippen molar-refractivity contribution in [1.29, 1.82) is 0 Å². The van der Waals surface area contributed by atoms with Crippen LogP contribution >= 0.6 is 0 Å². The van der Waals surface area contributed by atoms with Gasteiger partial charge in [0, 0.05) is 25.6 Å². The standard InChI is InChI=1S/C14H26N2O4/c1-4-7-16-9-11(5-6-13(17)19-2)8-12(10-16)15-14(18)20-3/h11-12H,4-10H2,1-3H3,(H,15,18). The van der Waals surface area contributed by atoms with Gasteiger partial charge in [0.15, 0.2) is 0 Å². The van der Waals surface area contributed by atoms with Gasteiger partial charge >= 0.3 is 12.1 Å².